The minimum atomic E-state index is 0.596. The Bertz CT molecular complexity index is 549. The zero-order valence-electron chi connectivity index (χ0n) is 10.3. The Labute approximate surface area is 101 Å². The van der Waals surface area contributed by atoms with E-state index in [0.717, 1.165) is 11.3 Å². The maximum Gasteiger partial charge on any atom is 0.166 e. The zero-order chi connectivity index (χ0) is 12.4. The van der Waals surface area contributed by atoms with Gasteiger partial charge >= 0.3 is 0 Å². The van der Waals surface area contributed by atoms with Gasteiger partial charge in [-0.3, -0.25) is 4.98 Å². The molecule has 0 aliphatic rings. The Balaban J connectivity index is 2.64. The van der Waals surface area contributed by atoms with Gasteiger partial charge in [0.15, 0.2) is 5.82 Å². The third kappa shape index (κ3) is 2.12. The second-order valence-electron chi connectivity index (χ2n) is 4.15. The fourth-order valence-corrected chi connectivity index (χ4v) is 1.86. The average Bonchev–Trinajstić information content (AvgIpc) is 2.34. The predicted octanol–water partition coefficient (Wildman–Crippen LogP) is 2.35. The number of aromatic nitrogens is 2. The zero-order valence-corrected chi connectivity index (χ0v) is 10.3. The number of hydrogen-bond donors (Lipinski definition) is 2. The van der Waals surface area contributed by atoms with Crippen molar-refractivity contribution in [2.24, 2.45) is 5.84 Å². The molecule has 0 atom stereocenters. The second kappa shape index (κ2) is 4.51. The van der Waals surface area contributed by atoms with Crippen molar-refractivity contribution in [1.29, 1.82) is 0 Å². The predicted molar refractivity (Wildman–Crippen MR) is 69.5 cm³/mol. The van der Waals surface area contributed by atoms with Crippen molar-refractivity contribution < 1.29 is 0 Å². The Kier molecular flexibility index (Phi) is 3.06. The molecule has 1 heterocycles. The highest BCUT2D eigenvalue weighted by molar-refractivity contribution is 5.74. The number of benzene rings is 1. The van der Waals surface area contributed by atoms with Crippen LogP contribution in [-0.4, -0.2) is 9.97 Å². The van der Waals surface area contributed by atoms with Crippen molar-refractivity contribution in [3.8, 4) is 11.3 Å². The van der Waals surface area contributed by atoms with E-state index in [0.29, 0.717) is 5.82 Å². The highest BCUT2D eigenvalue weighted by Gasteiger charge is 2.10. The molecule has 1 aromatic heterocycles. The van der Waals surface area contributed by atoms with Crippen LogP contribution in [0.4, 0.5) is 5.82 Å². The van der Waals surface area contributed by atoms with Gasteiger partial charge in [0.2, 0.25) is 0 Å². The first-order valence-electron chi connectivity index (χ1n) is 5.49. The molecule has 0 saturated carbocycles. The maximum absolute atomic E-state index is 5.45. The van der Waals surface area contributed by atoms with Crippen LogP contribution in [0.1, 0.15) is 16.7 Å². The molecule has 0 bridgehead atoms. The summed E-state index contributed by atoms with van der Waals surface area (Å²) in [4.78, 5) is 8.51. The molecule has 2 rings (SSSR count). The van der Waals surface area contributed by atoms with Crippen molar-refractivity contribution in [2.45, 2.75) is 20.8 Å². The number of nitrogens with zero attached hydrogens (tertiary/aromatic N) is 2. The Morgan fingerprint density at radius 3 is 2.29 bits per heavy atom. The fourth-order valence-electron chi connectivity index (χ4n) is 1.86. The molecular formula is C13H16N4. The summed E-state index contributed by atoms with van der Waals surface area (Å²) in [6, 6.07) is 4.27. The summed E-state index contributed by atoms with van der Waals surface area (Å²) in [5.74, 6) is 6.05. The van der Waals surface area contributed by atoms with Crippen LogP contribution in [-0.2, 0) is 0 Å². The summed E-state index contributed by atoms with van der Waals surface area (Å²) < 4.78 is 0. The highest BCUT2D eigenvalue weighted by atomic mass is 15.3. The van der Waals surface area contributed by atoms with E-state index in [9.17, 15) is 0 Å². The maximum atomic E-state index is 5.45. The molecule has 0 fully saturated rings. The molecule has 17 heavy (non-hydrogen) atoms. The molecule has 0 saturated heterocycles. The number of rotatable bonds is 2. The lowest BCUT2D eigenvalue weighted by Crippen LogP contribution is -2.10. The summed E-state index contributed by atoms with van der Waals surface area (Å²) in [5.41, 5.74) is 8.12. The fraction of sp³-hybridized carbons (Fsp3) is 0.231. The number of nitrogen functional groups attached to an aromatic ring is 1. The Morgan fingerprint density at radius 1 is 0.941 bits per heavy atom. The van der Waals surface area contributed by atoms with Crippen LogP contribution in [0.2, 0.25) is 0 Å². The van der Waals surface area contributed by atoms with Gasteiger partial charge in [0.05, 0.1) is 0 Å². The molecule has 0 spiro atoms. The Morgan fingerprint density at radius 2 is 1.59 bits per heavy atom. The summed E-state index contributed by atoms with van der Waals surface area (Å²) in [5, 5.41) is 0. The van der Waals surface area contributed by atoms with E-state index >= 15 is 0 Å². The van der Waals surface area contributed by atoms with Crippen molar-refractivity contribution in [2.75, 3.05) is 5.43 Å². The second-order valence-corrected chi connectivity index (χ2v) is 4.15. The van der Waals surface area contributed by atoms with Crippen molar-refractivity contribution in [3.63, 3.8) is 0 Å². The van der Waals surface area contributed by atoms with E-state index in [-0.39, 0.29) is 0 Å². The van der Waals surface area contributed by atoms with Gasteiger partial charge in [0, 0.05) is 18.0 Å². The van der Waals surface area contributed by atoms with Crippen molar-refractivity contribution >= 4 is 5.82 Å². The standard InChI is InChI=1S/C13H16N4/c1-8-6-10(3)11(7-9(8)2)12-13(17-14)16-5-4-15-12/h4-7H,14H2,1-3H3,(H,16,17). The van der Waals surface area contributed by atoms with Gasteiger partial charge in [-0.05, 0) is 43.5 Å². The van der Waals surface area contributed by atoms with Crippen LogP contribution in [0.3, 0.4) is 0 Å². The molecule has 3 N–H and O–H groups in total. The molecule has 2 aromatic rings. The Hall–Kier alpha value is -1.94. The smallest absolute Gasteiger partial charge is 0.166 e. The third-order valence-electron chi connectivity index (χ3n) is 2.93. The van der Waals surface area contributed by atoms with Crippen LogP contribution in [0.5, 0.6) is 0 Å². The highest BCUT2D eigenvalue weighted by Crippen LogP contribution is 2.28. The minimum absolute atomic E-state index is 0.596. The number of aryl methyl sites for hydroxylation is 3. The van der Waals surface area contributed by atoms with Crippen LogP contribution >= 0.6 is 0 Å². The van der Waals surface area contributed by atoms with Crippen LogP contribution < -0.4 is 11.3 Å². The number of anilines is 1. The van der Waals surface area contributed by atoms with Gasteiger partial charge in [-0.2, -0.15) is 0 Å². The lowest BCUT2D eigenvalue weighted by Gasteiger charge is -2.11. The van der Waals surface area contributed by atoms with Gasteiger partial charge in [0.1, 0.15) is 5.69 Å². The minimum Gasteiger partial charge on any atom is -0.307 e. The van der Waals surface area contributed by atoms with Crippen molar-refractivity contribution in [1.82, 2.24) is 9.97 Å². The lowest BCUT2D eigenvalue weighted by atomic mass is 9.98. The van der Waals surface area contributed by atoms with E-state index < -0.39 is 0 Å². The van der Waals surface area contributed by atoms with Gasteiger partial charge in [-0.25, -0.2) is 10.8 Å². The third-order valence-corrected chi connectivity index (χ3v) is 2.93. The summed E-state index contributed by atoms with van der Waals surface area (Å²) in [7, 11) is 0. The number of hydrazine groups is 1. The van der Waals surface area contributed by atoms with E-state index in [4.69, 9.17) is 5.84 Å². The van der Waals surface area contributed by atoms with Gasteiger partial charge < -0.3 is 5.43 Å². The summed E-state index contributed by atoms with van der Waals surface area (Å²) in [6.45, 7) is 6.26. The molecule has 88 valence electrons. The van der Waals surface area contributed by atoms with Gasteiger partial charge in [0.25, 0.3) is 0 Å². The van der Waals surface area contributed by atoms with Crippen LogP contribution in [0.25, 0.3) is 11.3 Å². The first-order chi connectivity index (χ1) is 8.13. The molecule has 0 radical (unpaired) electrons. The molecule has 4 nitrogen and oxygen atoms in total. The van der Waals surface area contributed by atoms with Gasteiger partial charge in [-0.15, -0.1) is 0 Å². The average molecular weight is 228 g/mol. The first-order valence-corrected chi connectivity index (χ1v) is 5.49. The molecule has 4 heteroatoms. The SMILES string of the molecule is Cc1cc(C)c(-c2nccnc2NN)cc1C. The number of nitrogens with one attached hydrogen (secondary N) is 1. The first kappa shape index (κ1) is 11.5. The largest absolute Gasteiger partial charge is 0.307 e. The number of hydrogen-bond acceptors (Lipinski definition) is 4. The number of nitrogens with two attached hydrogens (primary N) is 1. The van der Waals surface area contributed by atoms with Gasteiger partial charge in [-0.1, -0.05) is 6.07 Å². The molecule has 0 unspecified atom stereocenters. The van der Waals surface area contributed by atoms with E-state index in [1.165, 1.54) is 16.7 Å². The lowest BCUT2D eigenvalue weighted by molar-refractivity contribution is 1.15. The van der Waals surface area contributed by atoms with E-state index in [1.807, 2.05) is 0 Å². The van der Waals surface area contributed by atoms with E-state index in [1.54, 1.807) is 12.4 Å². The summed E-state index contributed by atoms with van der Waals surface area (Å²) in [6.07, 6.45) is 3.29. The summed E-state index contributed by atoms with van der Waals surface area (Å²) >= 11 is 0. The molecule has 0 aliphatic carbocycles. The van der Waals surface area contributed by atoms with Crippen LogP contribution in [0, 0.1) is 20.8 Å². The monoisotopic (exact) mass is 228 g/mol. The van der Waals surface area contributed by atoms with Crippen molar-refractivity contribution in [3.05, 3.63) is 41.2 Å². The topological polar surface area (TPSA) is 63.8 Å². The molecule has 0 amide bonds. The van der Waals surface area contributed by atoms with E-state index in [2.05, 4.69) is 48.3 Å². The quantitative estimate of drug-likeness (QED) is 0.611. The molecule has 1 aromatic carbocycles. The normalized spacial score (nSPS) is 10.4. The molecule has 0 aliphatic heterocycles. The van der Waals surface area contributed by atoms with Crippen LogP contribution in [0.15, 0.2) is 24.5 Å². The molecular weight excluding hydrogens is 212 g/mol.